The van der Waals surface area contributed by atoms with Crippen molar-refractivity contribution in [3.63, 3.8) is 0 Å². The Bertz CT molecular complexity index is 6070. The van der Waals surface area contributed by atoms with Crippen LogP contribution in [0, 0.1) is 61.0 Å². The van der Waals surface area contributed by atoms with Crippen molar-refractivity contribution in [1.82, 2.24) is 76.4 Å². The van der Waals surface area contributed by atoms with Gasteiger partial charge in [-0.05, 0) is 310 Å². The molecule has 4 aliphatic carbocycles. The van der Waals surface area contributed by atoms with E-state index in [4.69, 9.17) is 29.4 Å². The summed E-state index contributed by atoms with van der Waals surface area (Å²) >= 11 is 3.90. The molecule has 4 saturated carbocycles. The molecule has 728 valence electrons. The number of nitrogens with one attached hydrogen (secondary N) is 4. The SMILES string of the molecule is C.C.C.C.CC1CCC(Nc2nccc(-c3cn(C4CCSCC4)c(=O)n3-c3ccc(F)cc3)n2)CC1.CC1CCC(Nc2nccc(-c3cn(CC4CCOC4)c(=O)n3-c3ccc(F)cc3)n2)CC1.Cc1cccc(-n2c(-c3ccnc(NC4CCC(C)CC4)n3)cn(C3CCSCC3)c2=O)c1.Cc1cccc(-n2c(-c3ccnc(NC4CCC(C)CC4)n3)cn(CC3CCOC3)c2=O)c1. The van der Waals surface area contributed by atoms with Crippen LogP contribution in [0.25, 0.3) is 68.3 Å². The summed E-state index contributed by atoms with van der Waals surface area (Å²) in [6, 6.07) is 37.6. The maximum Gasteiger partial charge on any atom is 0.333 e. The Morgan fingerprint density at radius 2 is 0.632 bits per heavy atom. The number of aromatic nitrogens is 16. The quantitative estimate of drug-likeness (QED) is 0.0491. The van der Waals surface area contributed by atoms with Gasteiger partial charge in [-0.2, -0.15) is 23.5 Å². The molecule has 4 aromatic carbocycles. The van der Waals surface area contributed by atoms with E-state index in [2.05, 4.69) is 88.0 Å². The fourth-order valence-corrected chi connectivity index (χ4v) is 21.9. The minimum atomic E-state index is -0.341. The van der Waals surface area contributed by atoms with Gasteiger partial charge >= 0.3 is 22.8 Å². The summed E-state index contributed by atoms with van der Waals surface area (Å²) in [5.41, 5.74) is 10.7. The minimum absolute atomic E-state index is 0. The second-order valence-corrected chi connectivity index (χ2v) is 40.3. The van der Waals surface area contributed by atoms with E-state index >= 15 is 0 Å². The number of anilines is 4. The molecule has 8 fully saturated rings. The van der Waals surface area contributed by atoms with Crippen LogP contribution in [-0.2, 0) is 22.6 Å². The summed E-state index contributed by atoms with van der Waals surface area (Å²) in [5.74, 6) is 9.89. The second-order valence-electron chi connectivity index (χ2n) is 37.9. The maximum absolute atomic E-state index is 13.7. The van der Waals surface area contributed by atoms with E-state index in [1.165, 1.54) is 75.6 Å². The molecule has 4 saturated heterocycles. The summed E-state index contributed by atoms with van der Waals surface area (Å²) in [7, 11) is 0. The van der Waals surface area contributed by atoms with E-state index in [-0.39, 0.29) is 76.2 Å². The monoisotopic (exact) mass is 1890 g/mol. The molecule has 2 unspecified atom stereocenters. The van der Waals surface area contributed by atoms with E-state index < -0.39 is 0 Å². The highest BCUT2D eigenvalue weighted by atomic mass is 32.2. The number of rotatable bonds is 22. The van der Waals surface area contributed by atoms with Crippen LogP contribution in [0.15, 0.2) is 190 Å². The van der Waals surface area contributed by atoms with Crippen LogP contribution in [0.1, 0.15) is 222 Å². The van der Waals surface area contributed by atoms with Crippen molar-refractivity contribution >= 4 is 47.3 Å². The average molecular weight is 1890 g/mol. The fraction of sp³-hybridized carbons (Fsp3) is 0.509. The fourth-order valence-electron chi connectivity index (χ4n) is 19.7. The van der Waals surface area contributed by atoms with Crippen molar-refractivity contribution < 1.29 is 18.3 Å². The summed E-state index contributed by atoms with van der Waals surface area (Å²) in [5, 5.41) is 14.0. The van der Waals surface area contributed by atoms with Gasteiger partial charge in [-0.15, -0.1) is 0 Å². The first kappa shape index (κ1) is 102. The predicted molar refractivity (Wildman–Crippen MR) is 550 cm³/mol. The molecule has 12 heterocycles. The largest absolute Gasteiger partial charge is 0.381 e. The maximum atomic E-state index is 13.7. The van der Waals surface area contributed by atoms with E-state index in [1.807, 2.05) is 134 Å². The zero-order valence-electron chi connectivity index (χ0n) is 76.9. The molecule has 26 nitrogen and oxygen atoms in total. The molecular formula is C106H142F2N20O6S2. The van der Waals surface area contributed by atoms with Crippen LogP contribution in [0.4, 0.5) is 32.6 Å². The lowest BCUT2D eigenvalue weighted by Gasteiger charge is -2.26. The smallest absolute Gasteiger partial charge is 0.333 e. The standard InChI is InChI=1S/C26H33N5O2.C26H33N5OS.C25H30FN5O2.C25H30FN5OS.4CH4/c1-18-6-8-21(9-7-18)28-25-27-12-10-23(29-25)24-16-30(15-20-11-13-33-17-20)26(32)31(24)22-5-3-4-19(2)14-22;1-18-6-8-20(9-7-18)28-25-27-13-10-23(29-25)24-17-30(21-11-14-33-15-12-21)26(32)31(24)22-5-3-4-19(2)16-22;1-17-2-6-20(7-3-17)28-24-27-12-10-22(29-24)23-15-30(14-18-11-13-33-16-18)25(32)31(23)21-8-4-19(26)5-9-21;1-17-2-6-19(7-3-17)28-24-27-13-10-22(29-24)23-16-30(20-11-14-33-15-12-20)25(32)31(23)21-8-4-18(26)5-9-21;;;;/h3-5,10,12,14,16,18,20-21H,6-9,11,13,15,17H2,1-2H3,(H,27,28,29);3-5,10,13,16-18,20-21H,6-9,11-12,14-15H2,1-2H3,(H,27,28,29);4-5,8-10,12,15,17-18,20H,2-3,6-7,11,13-14,16H2,1H3,(H,27,28,29);4-5,8-10,13,16-17,19-20H,2-3,6-7,11-12,14-15H2,1H3,(H,27,28,29);4*1H4. The predicted octanol–water partition coefficient (Wildman–Crippen LogP) is 22.0. The molecule has 2 atom stereocenters. The first-order valence-electron chi connectivity index (χ1n) is 48.0. The van der Waals surface area contributed by atoms with Crippen molar-refractivity contribution in [2.24, 2.45) is 35.5 Å². The molecule has 4 aliphatic heterocycles. The van der Waals surface area contributed by atoms with Gasteiger partial charge in [-0.3, -0.25) is 36.5 Å². The summed E-state index contributed by atoms with van der Waals surface area (Å²) < 4.78 is 52.4. The van der Waals surface area contributed by atoms with Gasteiger partial charge in [-0.25, -0.2) is 67.8 Å². The third-order valence-electron chi connectivity index (χ3n) is 27.6. The van der Waals surface area contributed by atoms with Gasteiger partial charge in [0.25, 0.3) is 0 Å². The number of ether oxygens (including phenoxy) is 2. The molecule has 0 amide bonds. The van der Waals surface area contributed by atoms with Crippen molar-refractivity contribution in [2.45, 2.75) is 262 Å². The molecule has 12 aromatic rings. The van der Waals surface area contributed by atoms with E-state index in [9.17, 15) is 28.0 Å². The van der Waals surface area contributed by atoms with Crippen molar-refractivity contribution in [2.75, 3.05) is 70.7 Å². The zero-order valence-corrected chi connectivity index (χ0v) is 78.5. The van der Waals surface area contributed by atoms with Crippen LogP contribution in [0.2, 0.25) is 0 Å². The molecule has 20 rings (SSSR count). The topological polar surface area (TPSA) is 277 Å². The summed E-state index contributed by atoms with van der Waals surface area (Å²) in [4.78, 5) is 91.2. The first-order valence-corrected chi connectivity index (χ1v) is 50.3. The van der Waals surface area contributed by atoms with E-state index in [0.29, 0.717) is 120 Å². The Kier molecular flexibility index (Phi) is 36.3. The first-order chi connectivity index (χ1) is 64.3. The van der Waals surface area contributed by atoms with Crippen molar-refractivity contribution in [3.05, 3.63) is 236 Å². The number of benzene rings is 4. The van der Waals surface area contributed by atoms with Crippen LogP contribution in [0.3, 0.4) is 0 Å². The third kappa shape index (κ3) is 25.6. The normalized spacial score (nSPS) is 21.7. The molecule has 8 aliphatic rings. The van der Waals surface area contributed by atoms with Gasteiger partial charge in [0, 0.05) is 124 Å². The number of hydrogen-bond donors (Lipinski definition) is 4. The zero-order chi connectivity index (χ0) is 91.1. The van der Waals surface area contributed by atoms with Gasteiger partial charge < -0.3 is 30.7 Å². The number of halogens is 2. The molecule has 30 heteroatoms. The number of aryl methyl sites for hydroxylation is 2. The lowest BCUT2D eigenvalue weighted by molar-refractivity contribution is 0.182. The van der Waals surface area contributed by atoms with Gasteiger partial charge in [-0.1, -0.05) is 81.7 Å². The number of thioether (sulfide) groups is 2. The molecule has 8 aromatic heterocycles. The summed E-state index contributed by atoms with van der Waals surface area (Å²) in [6.45, 7) is 17.4. The molecule has 0 radical (unpaired) electrons. The summed E-state index contributed by atoms with van der Waals surface area (Å²) in [6.07, 6.45) is 39.5. The number of nitrogens with zero attached hydrogens (tertiary/aromatic N) is 16. The Balaban J connectivity index is 0.000000152. The Morgan fingerprint density at radius 1 is 0.346 bits per heavy atom. The van der Waals surface area contributed by atoms with Crippen molar-refractivity contribution in [3.8, 4) is 68.3 Å². The van der Waals surface area contributed by atoms with Gasteiger partial charge in [0.2, 0.25) is 23.8 Å². The molecule has 136 heavy (non-hydrogen) atoms. The minimum Gasteiger partial charge on any atom is -0.381 e. The highest BCUT2D eigenvalue weighted by Gasteiger charge is 2.31. The van der Waals surface area contributed by atoms with Crippen LogP contribution >= 0.6 is 23.5 Å². The highest BCUT2D eigenvalue weighted by Crippen LogP contribution is 2.37. The second kappa shape index (κ2) is 48.3. The van der Waals surface area contributed by atoms with E-state index in [1.54, 1.807) is 67.3 Å². The van der Waals surface area contributed by atoms with Gasteiger partial charge in [0.1, 0.15) is 11.6 Å². The Hall–Kier alpha value is -11.1. The van der Waals surface area contributed by atoms with Gasteiger partial charge in [0.05, 0.1) is 81.5 Å². The Morgan fingerprint density at radius 3 is 0.926 bits per heavy atom. The molecule has 0 bridgehead atoms. The number of hydrogen-bond acceptors (Lipinski definition) is 20. The molecular weight excluding hydrogens is 1750 g/mol. The van der Waals surface area contributed by atoms with Crippen LogP contribution in [0.5, 0.6) is 0 Å². The molecule has 4 N–H and O–H groups in total. The number of imidazole rings is 4. The van der Waals surface area contributed by atoms with Crippen LogP contribution in [-0.4, -0.2) is 150 Å². The van der Waals surface area contributed by atoms with Crippen LogP contribution < -0.4 is 44.0 Å². The van der Waals surface area contributed by atoms with Gasteiger partial charge in [0.15, 0.2) is 0 Å². The van der Waals surface area contributed by atoms with Crippen molar-refractivity contribution in [1.29, 1.82) is 0 Å². The highest BCUT2D eigenvalue weighted by molar-refractivity contribution is 7.99. The Labute approximate surface area is 809 Å². The lowest BCUT2D eigenvalue weighted by Crippen LogP contribution is -2.28. The lowest BCUT2D eigenvalue weighted by atomic mass is 9.87. The molecule has 0 spiro atoms. The third-order valence-corrected chi connectivity index (χ3v) is 29.7. The average Bonchev–Trinajstić information content (AvgIpc) is 1.63. The van der Waals surface area contributed by atoms with E-state index in [0.717, 1.165) is 195 Å².